The summed E-state index contributed by atoms with van der Waals surface area (Å²) in [5.74, 6) is -1.11. The Morgan fingerprint density at radius 1 is 1.20 bits per heavy atom. The molecule has 2 amide bonds. The Labute approximate surface area is 116 Å². The summed E-state index contributed by atoms with van der Waals surface area (Å²) >= 11 is 0. The zero-order chi connectivity index (χ0) is 14.9. The lowest BCUT2D eigenvalue weighted by Gasteiger charge is -2.15. The monoisotopic (exact) mass is 280 g/mol. The molecule has 1 atom stereocenters. The molecule has 1 unspecified atom stereocenters. The molecule has 1 aliphatic heterocycles. The third-order valence-corrected chi connectivity index (χ3v) is 2.94. The van der Waals surface area contributed by atoms with Gasteiger partial charge in [0.2, 0.25) is 11.8 Å². The lowest BCUT2D eigenvalue weighted by atomic mass is 9.96. The van der Waals surface area contributed by atoms with Crippen molar-refractivity contribution in [2.75, 3.05) is 19.2 Å². The van der Waals surface area contributed by atoms with Gasteiger partial charge in [-0.15, -0.1) is 0 Å². The minimum atomic E-state index is -0.740. The van der Waals surface area contributed by atoms with Crippen molar-refractivity contribution in [3.63, 3.8) is 0 Å². The summed E-state index contributed by atoms with van der Waals surface area (Å²) in [7, 11) is 2.87. The molecule has 0 radical (unpaired) electrons. The number of aromatic nitrogens is 2. The predicted molar refractivity (Wildman–Crippen MR) is 69.1 cm³/mol. The van der Waals surface area contributed by atoms with Crippen molar-refractivity contribution in [2.24, 2.45) is 11.8 Å². The van der Waals surface area contributed by atoms with Crippen LogP contribution < -0.4 is 19.9 Å². The molecule has 0 bridgehead atoms. The normalized spacial score (nSPS) is 18.4. The molecule has 0 aromatic carbocycles. The van der Waals surface area contributed by atoms with E-state index in [9.17, 15) is 9.59 Å². The Bertz CT molecular complexity index is 524. The van der Waals surface area contributed by atoms with E-state index < -0.39 is 5.92 Å². The van der Waals surface area contributed by atoms with Crippen LogP contribution in [0.4, 0.5) is 5.95 Å². The number of ether oxygens (including phenoxy) is 2. The molecular formula is C12H16N4O4. The van der Waals surface area contributed by atoms with Gasteiger partial charge in [-0.2, -0.15) is 15.0 Å². The second-order valence-electron chi connectivity index (χ2n) is 4.62. The molecule has 0 spiro atoms. The van der Waals surface area contributed by atoms with Crippen molar-refractivity contribution in [1.82, 2.24) is 15.4 Å². The molecule has 0 saturated carbocycles. The van der Waals surface area contributed by atoms with E-state index in [-0.39, 0.29) is 35.4 Å². The quantitative estimate of drug-likeness (QED) is 0.789. The first-order chi connectivity index (χ1) is 9.47. The standard InChI is InChI=1S/C12H16N4O4/c1-6(2)9-10(17)15-16(11(9)18)12-13-7(19-3)5-8(14-12)20-4/h5-6,9H,1-4H3,(H,15,17). The van der Waals surface area contributed by atoms with Crippen LogP contribution in [-0.4, -0.2) is 36.0 Å². The van der Waals surface area contributed by atoms with Crippen molar-refractivity contribution in [3.05, 3.63) is 6.07 Å². The molecule has 1 N–H and O–H groups in total. The van der Waals surface area contributed by atoms with E-state index in [4.69, 9.17) is 9.47 Å². The van der Waals surface area contributed by atoms with Gasteiger partial charge < -0.3 is 9.47 Å². The highest BCUT2D eigenvalue weighted by molar-refractivity contribution is 6.13. The molecule has 8 nitrogen and oxygen atoms in total. The zero-order valence-electron chi connectivity index (χ0n) is 11.7. The molecule has 108 valence electrons. The highest BCUT2D eigenvalue weighted by Gasteiger charge is 2.43. The highest BCUT2D eigenvalue weighted by atomic mass is 16.5. The molecular weight excluding hydrogens is 264 g/mol. The summed E-state index contributed by atoms with van der Waals surface area (Å²) in [6.45, 7) is 3.61. The molecule has 2 heterocycles. The fourth-order valence-electron chi connectivity index (χ4n) is 1.92. The van der Waals surface area contributed by atoms with Crippen LogP contribution in [0.25, 0.3) is 0 Å². The summed E-state index contributed by atoms with van der Waals surface area (Å²) in [5.41, 5.74) is 2.46. The molecule has 2 rings (SSSR count). The number of rotatable bonds is 4. The van der Waals surface area contributed by atoms with E-state index >= 15 is 0 Å². The predicted octanol–water partition coefficient (Wildman–Crippen LogP) is 0.144. The summed E-state index contributed by atoms with van der Waals surface area (Å²) in [4.78, 5) is 32.1. The van der Waals surface area contributed by atoms with Gasteiger partial charge in [0.05, 0.1) is 20.3 Å². The molecule has 1 aliphatic rings. The molecule has 8 heteroatoms. The van der Waals surface area contributed by atoms with E-state index in [1.165, 1.54) is 20.3 Å². The molecule has 1 aromatic rings. The number of nitrogens with one attached hydrogen (secondary N) is 1. The Morgan fingerprint density at radius 3 is 2.15 bits per heavy atom. The minimum absolute atomic E-state index is 0.0164. The van der Waals surface area contributed by atoms with Crippen LogP contribution in [0.5, 0.6) is 11.8 Å². The lowest BCUT2D eigenvalue weighted by molar-refractivity contribution is -0.129. The van der Waals surface area contributed by atoms with Crippen LogP contribution in [0.15, 0.2) is 6.07 Å². The fraction of sp³-hybridized carbons (Fsp3) is 0.500. The van der Waals surface area contributed by atoms with Gasteiger partial charge in [0.1, 0.15) is 5.92 Å². The number of nitrogens with zero attached hydrogens (tertiary/aromatic N) is 3. The Kier molecular flexibility index (Phi) is 3.73. The summed E-state index contributed by atoms with van der Waals surface area (Å²) in [5, 5.41) is 1.03. The first-order valence-electron chi connectivity index (χ1n) is 6.09. The second kappa shape index (κ2) is 5.32. The summed E-state index contributed by atoms with van der Waals surface area (Å²) < 4.78 is 10.0. The van der Waals surface area contributed by atoms with Crippen molar-refractivity contribution in [3.8, 4) is 11.8 Å². The lowest BCUT2D eigenvalue weighted by Crippen LogP contribution is -2.37. The highest BCUT2D eigenvalue weighted by Crippen LogP contribution is 2.25. The maximum absolute atomic E-state index is 12.2. The number of hydrogen-bond donors (Lipinski definition) is 1. The number of carbonyl (C=O) groups is 2. The van der Waals surface area contributed by atoms with Crippen LogP contribution >= 0.6 is 0 Å². The van der Waals surface area contributed by atoms with Crippen molar-refractivity contribution in [2.45, 2.75) is 13.8 Å². The number of amides is 2. The van der Waals surface area contributed by atoms with Gasteiger partial charge in [-0.25, -0.2) is 0 Å². The van der Waals surface area contributed by atoms with Crippen molar-refractivity contribution < 1.29 is 19.1 Å². The maximum Gasteiger partial charge on any atom is 0.261 e. The summed E-state index contributed by atoms with van der Waals surface area (Å²) in [6, 6.07) is 1.48. The molecule has 0 aliphatic carbocycles. The van der Waals surface area contributed by atoms with Gasteiger partial charge in [0.25, 0.3) is 17.8 Å². The number of carbonyl (C=O) groups excluding carboxylic acids is 2. The largest absolute Gasteiger partial charge is 0.481 e. The van der Waals surface area contributed by atoms with E-state index in [2.05, 4.69) is 15.4 Å². The van der Waals surface area contributed by atoms with Gasteiger partial charge >= 0.3 is 0 Å². The average Bonchev–Trinajstić information content (AvgIpc) is 2.73. The summed E-state index contributed by atoms with van der Waals surface area (Å²) in [6.07, 6.45) is 0. The van der Waals surface area contributed by atoms with Crippen LogP contribution in [0.3, 0.4) is 0 Å². The van der Waals surface area contributed by atoms with Crippen LogP contribution in [0.2, 0.25) is 0 Å². The Hall–Kier alpha value is -2.38. The third kappa shape index (κ3) is 2.36. The van der Waals surface area contributed by atoms with Crippen molar-refractivity contribution >= 4 is 17.8 Å². The van der Waals surface area contributed by atoms with Crippen LogP contribution in [0, 0.1) is 11.8 Å². The van der Waals surface area contributed by atoms with E-state index in [1.54, 1.807) is 13.8 Å². The van der Waals surface area contributed by atoms with Crippen LogP contribution in [0.1, 0.15) is 13.8 Å². The first-order valence-corrected chi connectivity index (χ1v) is 6.09. The number of methoxy groups -OCH3 is 2. The Morgan fingerprint density at radius 2 is 1.75 bits per heavy atom. The van der Waals surface area contributed by atoms with Crippen LogP contribution in [-0.2, 0) is 9.59 Å². The number of hydrazine groups is 1. The van der Waals surface area contributed by atoms with Crippen molar-refractivity contribution in [1.29, 1.82) is 0 Å². The molecule has 1 fully saturated rings. The fourth-order valence-corrected chi connectivity index (χ4v) is 1.92. The van der Waals surface area contributed by atoms with Gasteiger partial charge in [-0.05, 0) is 5.92 Å². The second-order valence-corrected chi connectivity index (χ2v) is 4.62. The topological polar surface area (TPSA) is 93.7 Å². The van der Waals surface area contributed by atoms with Gasteiger partial charge in [-0.3, -0.25) is 15.0 Å². The minimum Gasteiger partial charge on any atom is -0.481 e. The maximum atomic E-state index is 12.2. The molecule has 1 saturated heterocycles. The molecule has 1 aromatic heterocycles. The van der Waals surface area contributed by atoms with E-state index in [1.807, 2.05) is 0 Å². The van der Waals surface area contributed by atoms with Gasteiger partial charge in [-0.1, -0.05) is 13.8 Å². The van der Waals surface area contributed by atoms with Gasteiger partial charge in [0.15, 0.2) is 0 Å². The van der Waals surface area contributed by atoms with E-state index in [0.717, 1.165) is 5.01 Å². The third-order valence-electron chi connectivity index (χ3n) is 2.94. The SMILES string of the molecule is COc1cc(OC)nc(N2NC(=O)C(C(C)C)C2=O)n1. The first kappa shape index (κ1) is 14.0. The number of hydrogen-bond acceptors (Lipinski definition) is 6. The smallest absolute Gasteiger partial charge is 0.261 e. The zero-order valence-corrected chi connectivity index (χ0v) is 11.7. The van der Waals surface area contributed by atoms with E-state index in [0.29, 0.717) is 0 Å². The Balaban J connectivity index is 2.37. The molecule has 20 heavy (non-hydrogen) atoms. The average molecular weight is 280 g/mol. The van der Waals surface area contributed by atoms with Gasteiger partial charge in [0, 0.05) is 0 Å². The number of anilines is 1.